The summed E-state index contributed by atoms with van der Waals surface area (Å²) in [6.45, 7) is 2.49. The number of nitrogens with two attached hydrogens (primary N) is 1. The Morgan fingerprint density at radius 3 is 2.89 bits per heavy atom. The summed E-state index contributed by atoms with van der Waals surface area (Å²) in [4.78, 5) is 5.66. The van der Waals surface area contributed by atoms with Crippen LogP contribution in [0.25, 0.3) is 21.7 Å². The van der Waals surface area contributed by atoms with Gasteiger partial charge in [-0.1, -0.05) is 10.6 Å². The van der Waals surface area contributed by atoms with Gasteiger partial charge in [-0.05, 0) is 36.2 Å². The van der Waals surface area contributed by atoms with Crippen LogP contribution in [0.1, 0.15) is 11.3 Å². The zero-order chi connectivity index (χ0) is 12.7. The van der Waals surface area contributed by atoms with Gasteiger partial charge in [-0.15, -0.1) is 5.10 Å². The molecule has 0 saturated carbocycles. The molecule has 3 rings (SSSR count). The summed E-state index contributed by atoms with van der Waals surface area (Å²) in [7, 11) is 2.00. The minimum atomic E-state index is 0.539. The highest BCUT2D eigenvalue weighted by molar-refractivity contribution is 7.09. The Hall–Kier alpha value is -1.79. The zero-order valence-electron chi connectivity index (χ0n) is 10.2. The van der Waals surface area contributed by atoms with Gasteiger partial charge in [0, 0.05) is 13.6 Å². The van der Waals surface area contributed by atoms with Crippen molar-refractivity contribution in [3.63, 3.8) is 0 Å². The quantitative estimate of drug-likeness (QED) is 0.762. The molecule has 5 nitrogen and oxygen atoms in total. The molecule has 0 fully saturated rings. The first-order chi connectivity index (χ1) is 8.70. The molecule has 0 radical (unpaired) electrons. The van der Waals surface area contributed by atoms with Crippen molar-refractivity contribution in [2.24, 2.45) is 12.8 Å². The number of hydrogen-bond donors (Lipinski definition) is 1. The van der Waals surface area contributed by atoms with E-state index in [1.54, 1.807) is 0 Å². The summed E-state index contributed by atoms with van der Waals surface area (Å²) in [5.74, 6) is 0.909. The third kappa shape index (κ3) is 1.61. The van der Waals surface area contributed by atoms with Gasteiger partial charge in [-0.3, -0.25) is 0 Å². The van der Waals surface area contributed by atoms with Crippen LogP contribution in [0.15, 0.2) is 18.2 Å². The average molecular weight is 259 g/mol. The van der Waals surface area contributed by atoms with Gasteiger partial charge in [-0.25, -0.2) is 4.98 Å². The average Bonchev–Trinajstić information content (AvgIpc) is 2.93. The topological polar surface area (TPSA) is 69.6 Å². The maximum absolute atomic E-state index is 5.67. The Morgan fingerprint density at radius 2 is 2.22 bits per heavy atom. The van der Waals surface area contributed by atoms with Crippen LogP contribution in [0, 0.1) is 6.92 Å². The van der Waals surface area contributed by atoms with Crippen molar-refractivity contribution in [3.8, 4) is 10.7 Å². The Kier molecular flexibility index (Phi) is 2.61. The predicted octanol–water partition coefficient (Wildman–Crippen LogP) is 1.86. The minimum Gasteiger partial charge on any atom is -0.326 e. The van der Waals surface area contributed by atoms with Gasteiger partial charge in [0.25, 0.3) is 0 Å². The molecule has 92 valence electrons. The first-order valence-corrected chi connectivity index (χ1v) is 6.43. The van der Waals surface area contributed by atoms with E-state index in [1.807, 2.05) is 26.1 Å². The fourth-order valence-corrected chi connectivity index (χ4v) is 2.68. The molecular formula is C12H13N5S. The number of rotatable bonds is 2. The SMILES string of the molecule is Cc1nnsc1-c1nc2ccc(CN)cc2n1C. The number of hydrogen-bond acceptors (Lipinski definition) is 5. The summed E-state index contributed by atoms with van der Waals surface area (Å²) in [6, 6.07) is 6.09. The second-order valence-electron chi connectivity index (χ2n) is 4.21. The first kappa shape index (κ1) is 11.3. The normalized spacial score (nSPS) is 11.3. The maximum Gasteiger partial charge on any atom is 0.154 e. The van der Waals surface area contributed by atoms with Crippen LogP contribution >= 0.6 is 11.5 Å². The maximum atomic E-state index is 5.67. The molecule has 0 spiro atoms. The van der Waals surface area contributed by atoms with Crippen molar-refractivity contribution in [3.05, 3.63) is 29.5 Å². The van der Waals surface area contributed by atoms with E-state index in [4.69, 9.17) is 5.73 Å². The molecule has 6 heteroatoms. The van der Waals surface area contributed by atoms with Crippen LogP contribution in [0.5, 0.6) is 0 Å². The summed E-state index contributed by atoms with van der Waals surface area (Å²) >= 11 is 1.37. The van der Waals surface area contributed by atoms with Gasteiger partial charge in [0.05, 0.1) is 16.7 Å². The van der Waals surface area contributed by atoms with E-state index >= 15 is 0 Å². The molecule has 2 N–H and O–H groups in total. The lowest BCUT2D eigenvalue weighted by molar-refractivity contribution is 0.955. The smallest absolute Gasteiger partial charge is 0.154 e. The highest BCUT2D eigenvalue weighted by Crippen LogP contribution is 2.28. The Balaban J connectivity index is 2.26. The van der Waals surface area contributed by atoms with Crippen molar-refractivity contribution in [1.29, 1.82) is 0 Å². The summed E-state index contributed by atoms with van der Waals surface area (Å²) < 4.78 is 6.03. The molecule has 0 atom stereocenters. The van der Waals surface area contributed by atoms with Crippen LogP contribution in [0.3, 0.4) is 0 Å². The molecule has 2 aromatic heterocycles. The van der Waals surface area contributed by atoms with Gasteiger partial charge in [0.2, 0.25) is 0 Å². The van der Waals surface area contributed by atoms with Crippen molar-refractivity contribution >= 4 is 22.6 Å². The van der Waals surface area contributed by atoms with Gasteiger partial charge >= 0.3 is 0 Å². The number of aromatic nitrogens is 4. The number of benzene rings is 1. The highest BCUT2D eigenvalue weighted by atomic mass is 32.1. The number of fused-ring (bicyclic) bond motifs is 1. The van der Waals surface area contributed by atoms with E-state index in [0.29, 0.717) is 6.54 Å². The second kappa shape index (κ2) is 4.15. The molecule has 0 unspecified atom stereocenters. The van der Waals surface area contributed by atoms with Crippen molar-refractivity contribution < 1.29 is 0 Å². The van der Waals surface area contributed by atoms with Crippen LogP contribution in [-0.2, 0) is 13.6 Å². The molecule has 0 saturated heterocycles. The van der Waals surface area contributed by atoms with E-state index in [2.05, 4.69) is 25.2 Å². The fraction of sp³-hybridized carbons (Fsp3) is 0.250. The second-order valence-corrected chi connectivity index (χ2v) is 4.96. The van der Waals surface area contributed by atoms with Gasteiger partial charge in [0.15, 0.2) is 5.82 Å². The van der Waals surface area contributed by atoms with Gasteiger partial charge in [0.1, 0.15) is 4.88 Å². The van der Waals surface area contributed by atoms with Crippen LogP contribution in [0.2, 0.25) is 0 Å². The molecule has 1 aromatic carbocycles. The molecule has 0 aliphatic carbocycles. The monoisotopic (exact) mass is 259 g/mol. The van der Waals surface area contributed by atoms with Crippen molar-refractivity contribution in [1.82, 2.24) is 19.1 Å². The predicted molar refractivity (Wildman–Crippen MR) is 72.2 cm³/mol. The molecular weight excluding hydrogens is 246 g/mol. The third-order valence-corrected chi connectivity index (χ3v) is 3.86. The van der Waals surface area contributed by atoms with Crippen molar-refractivity contribution in [2.75, 3.05) is 0 Å². The Morgan fingerprint density at radius 1 is 1.39 bits per heavy atom. The number of nitrogens with zero attached hydrogens (tertiary/aromatic N) is 4. The van der Waals surface area contributed by atoms with E-state index in [1.165, 1.54) is 11.5 Å². The standard InChI is InChI=1S/C12H13N5S/c1-7-11(18-16-15-7)12-14-9-4-3-8(6-13)5-10(9)17(12)2/h3-5H,6,13H2,1-2H3. The van der Waals surface area contributed by atoms with E-state index in [-0.39, 0.29) is 0 Å². The molecule has 0 bridgehead atoms. The molecule has 2 heterocycles. The van der Waals surface area contributed by atoms with E-state index in [0.717, 1.165) is 33.0 Å². The molecule has 0 aliphatic rings. The Bertz CT molecular complexity index is 712. The largest absolute Gasteiger partial charge is 0.326 e. The minimum absolute atomic E-state index is 0.539. The lowest BCUT2D eigenvalue weighted by atomic mass is 10.2. The molecule has 18 heavy (non-hydrogen) atoms. The highest BCUT2D eigenvalue weighted by Gasteiger charge is 2.14. The van der Waals surface area contributed by atoms with Gasteiger partial charge in [-0.2, -0.15) is 0 Å². The van der Waals surface area contributed by atoms with E-state index in [9.17, 15) is 0 Å². The lowest BCUT2D eigenvalue weighted by Crippen LogP contribution is -1.97. The van der Waals surface area contributed by atoms with E-state index < -0.39 is 0 Å². The lowest BCUT2D eigenvalue weighted by Gasteiger charge is -2.00. The zero-order valence-corrected chi connectivity index (χ0v) is 11.0. The number of imidazole rings is 1. The van der Waals surface area contributed by atoms with Crippen LogP contribution < -0.4 is 5.73 Å². The molecule has 0 aliphatic heterocycles. The Labute approximate surface area is 108 Å². The molecule has 0 amide bonds. The summed E-state index contributed by atoms with van der Waals surface area (Å²) in [5, 5.41) is 4.03. The summed E-state index contributed by atoms with van der Waals surface area (Å²) in [5.41, 5.74) is 9.74. The molecule has 3 aromatic rings. The third-order valence-electron chi connectivity index (χ3n) is 3.04. The summed E-state index contributed by atoms with van der Waals surface area (Å²) in [6.07, 6.45) is 0. The fourth-order valence-electron chi connectivity index (χ4n) is 2.00. The van der Waals surface area contributed by atoms with Crippen LogP contribution in [-0.4, -0.2) is 19.1 Å². The van der Waals surface area contributed by atoms with Crippen molar-refractivity contribution in [2.45, 2.75) is 13.5 Å². The first-order valence-electron chi connectivity index (χ1n) is 5.65. The van der Waals surface area contributed by atoms with Crippen LogP contribution in [0.4, 0.5) is 0 Å². The number of aryl methyl sites for hydroxylation is 2. The van der Waals surface area contributed by atoms with Gasteiger partial charge < -0.3 is 10.3 Å².